The van der Waals surface area contributed by atoms with Crippen molar-refractivity contribution in [2.24, 2.45) is 0 Å². The number of aromatic nitrogens is 1. The van der Waals surface area contributed by atoms with Gasteiger partial charge in [-0.3, -0.25) is 4.79 Å². The fourth-order valence-corrected chi connectivity index (χ4v) is 2.43. The molecule has 0 atom stereocenters. The molecular formula is C12H7Br2ClN2O. The van der Waals surface area contributed by atoms with E-state index >= 15 is 0 Å². The second kappa shape index (κ2) is 5.82. The fraction of sp³-hybridized carbons (Fsp3) is 0. The van der Waals surface area contributed by atoms with Gasteiger partial charge in [-0.25, -0.2) is 4.98 Å². The second-order valence-corrected chi connectivity index (χ2v) is 5.65. The average Bonchev–Trinajstić information content (AvgIpc) is 2.31. The van der Waals surface area contributed by atoms with E-state index in [1.165, 1.54) is 0 Å². The third kappa shape index (κ3) is 3.54. The van der Waals surface area contributed by atoms with Crippen LogP contribution in [0.4, 0.5) is 5.69 Å². The van der Waals surface area contributed by atoms with Gasteiger partial charge < -0.3 is 5.32 Å². The van der Waals surface area contributed by atoms with Gasteiger partial charge in [0.1, 0.15) is 4.60 Å². The number of benzene rings is 1. The predicted molar refractivity (Wildman–Crippen MR) is 79.0 cm³/mol. The topological polar surface area (TPSA) is 42.0 Å². The minimum atomic E-state index is -0.234. The summed E-state index contributed by atoms with van der Waals surface area (Å²) >= 11 is 12.4. The highest BCUT2D eigenvalue weighted by atomic mass is 79.9. The number of anilines is 1. The number of nitrogens with one attached hydrogen (secondary N) is 1. The molecule has 0 spiro atoms. The van der Waals surface area contributed by atoms with Crippen molar-refractivity contribution in [1.82, 2.24) is 4.98 Å². The van der Waals surface area contributed by atoms with E-state index in [2.05, 4.69) is 42.2 Å². The van der Waals surface area contributed by atoms with Gasteiger partial charge in [-0.05, 0) is 46.3 Å². The highest BCUT2D eigenvalue weighted by molar-refractivity contribution is 9.10. The number of rotatable bonds is 2. The van der Waals surface area contributed by atoms with Crippen LogP contribution in [0.2, 0.25) is 5.02 Å². The van der Waals surface area contributed by atoms with Gasteiger partial charge in [0.25, 0.3) is 5.91 Å². The van der Waals surface area contributed by atoms with Crippen LogP contribution in [0.5, 0.6) is 0 Å². The van der Waals surface area contributed by atoms with Crippen molar-refractivity contribution >= 4 is 55.1 Å². The van der Waals surface area contributed by atoms with E-state index in [-0.39, 0.29) is 5.91 Å². The standard InChI is InChI=1S/C12H7Br2ClN2O/c13-8-3-7(4-9(15)5-8)12(18)17-10-1-2-11(14)16-6-10/h1-6H,(H,17,18). The van der Waals surface area contributed by atoms with E-state index in [0.717, 1.165) is 4.47 Å². The van der Waals surface area contributed by atoms with Gasteiger partial charge in [0.05, 0.1) is 11.9 Å². The third-order valence-electron chi connectivity index (χ3n) is 2.11. The number of halogens is 3. The maximum absolute atomic E-state index is 12.0. The number of carbonyl (C=O) groups excluding carboxylic acids is 1. The number of hydrogen-bond donors (Lipinski definition) is 1. The van der Waals surface area contributed by atoms with Crippen molar-refractivity contribution in [1.29, 1.82) is 0 Å². The first-order valence-electron chi connectivity index (χ1n) is 4.93. The van der Waals surface area contributed by atoms with Crippen LogP contribution < -0.4 is 5.32 Å². The highest BCUT2D eigenvalue weighted by Crippen LogP contribution is 2.20. The SMILES string of the molecule is O=C(Nc1ccc(Br)nc1)c1cc(Cl)cc(Br)c1. The van der Waals surface area contributed by atoms with Crippen molar-refractivity contribution in [2.45, 2.75) is 0 Å². The Morgan fingerprint density at radius 1 is 1.22 bits per heavy atom. The lowest BCUT2D eigenvalue weighted by molar-refractivity contribution is 0.102. The fourth-order valence-electron chi connectivity index (χ4n) is 1.34. The molecule has 3 nitrogen and oxygen atoms in total. The van der Waals surface area contributed by atoms with Gasteiger partial charge in [-0.2, -0.15) is 0 Å². The molecule has 6 heteroatoms. The Morgan fingerprint density at radius 3 is 2.61 bits per heavy atom. The van der Waals surface area contributed by atoms with Gasteiger partial charge >= 0.3 is 0 Å². The first-order valence-corrected chi connectivity index (χ1v) is 6.90. The summed E-state index contributed by atoms with van der Waals surface area (Å²) in [6, 6.07) is 8.54. The Hall–Kier alpha value is -0.910. The number of nitrogens with zero attached hydrogens (tertiary/aromatic N) is 1. The van der Waals surface area contributed by atoms with E-state index in [0.29, 0.717) is 20.9 Å². The summed E-state index contributed by atoms with van der Waals surface area (Å²) in [5.74, 6) is -0.234. The van der Waals surface area contributed by atoms with Crippen LogP contribution in [0.25, 0.3) is 0 Å². The summed E-state index contributed by atoms with van der Waals surface area (Å²) in [4.78, 5) is 16.0. The van der Waals surface area contributed by atoms with Gasteiger partial charge in [0.2, 0.25) is 0 Å². The van der Waals surface area contributed by atoms with Crippen LogP contribution in [0.3, 0.4) is 0 Å². The Bertz CT molecular complexity index is 567. The molecule has 0 aliphatic heterocycles. The van der Waals surface area contributed by atoms with Gasteiger partial charge in [0.15, 0.2) is 0 Å². The first-order chi connectivity index (χ1) is 8.54. The molecule has 0 aliphatic rings. The van der Waals surface area contributed by atoms with Gasteiger partial charge in [-0.15, -0.1) is 0 Å². The summed E-state index contributed by atoms with van der Waals surface area (Å²) < 4.78 is 1.47. The zero-order valence-electron chi connectivity index (χ0n) is 8.95. The largest absolute Gasteiger partial charge is 0.321 e. The Balaban J connectivity index is 2.19. The van der Waals surface area contributed by atoms with Gasteiger partial charge in [0, 0.05) is 15.1 Å². The quantitative estimate of drug-likeness (QED) is 0.767. The van der Waals surface area contributed by atoms with E-state index < -0.39 is 0 Å². The highest BCUT2D eigenvalue weighted by Gasteiger charge is 2.08. The zero-order chi connectivity index (χ0) is 13.1. The van der Waals surface area contributed by atoms with E-state index in [4.69, 9.17) is 11.6 Å². The molecule has 1 aromatic heterocycles. The predicted octanol–water partition coefficient (Wildman–Crippen LogP) is 4.51. The summed E-state index contributed by atoms with van der Waals surface area (Å²) in [5.41, 5.74) is 1.11. The lowest BCUT2D eigenvalue weighted by Crippen LogP contribution is -2.12. The lowest BCUT2D eigenvalue weighted by atomic mass is 10.2. The van der Waals surface area contributed by atoms with Crippen molar-refractivity contribution in [3.8, 4) is 0 Å². The smallest absolute Gasteiger partial charge is 0.255 e. The van der Waals surface area contributed by atoms with Crippen LogP contribution in [-0.2, 0) is 0 Å². The maximum Gasteiger partial charge on any atom is 0.255 e. The molecule has 92 valence electrons. The maximum atomic E-state index is 12.0. The monoisotopic (exact) mass is 388 g/mol. The Kier molecular flexibility index (Phi) is 4.37. The summed E-state index contributed by atoms with van der Waals surface area (Å²) in [6.07, 6.45) is 1.57. The molecule has 2 rings (SSSR count). The molecule has 1 heterocycles. The number of pyridine rings is 1. The Labute approximate surface area is 126 Å². The van der Waals surface area contributed by atoms with Gasteiger partial charge in [-0.1, -0.05) is 27.5 Å². The van der Waals surface area contributed by atoms with Crippen LogP contribution >= 0.6 is 43.5 Å². The third-order valence-corrected chi connectivity index (χ3v) is 3.26. The number of hydrogen-bond acceptors (Lipinski definition) is 2. The number of carbonyl (C=O) groups is 1. The number of amides is 1. The van der Waals surface area contributed by atoms with Crippen LogP contribution in [0.1, 0.15) is 10.4 Å². The van der Waals surface area contributed by atoms with Crippen LogP contribution in [-0.4, -0.2) is 10.9 Å². The second-order valence-electron chi connectivity index (χ2n) is 3.48. The van der Waals surface area contributed by atoms with Crippen LogP contribution in [0, 0.1) is 0 Å². The molecule has 0 saturated carbocycles. The van der Waals surface area contributed by atoms with E-state index in [1.54, 1.807) is 36.5 Å². The molecule has 0 aliphatic carbocycles. The summed E-state index contributed by atoms with van der Waals surface area (Å²) in [6.45, 7) is 0. The molecule has 0 saturated heterocycles. The molecule has 0 bridgehead atoms. The molecule has 1 N–H and O–H groups in total. The Morgan fingerprint density at radius 2 is 2.00 bits per heavy atom. The molecule has 0 unspecified atom stereocenters. The van der Waals surface area contributed by atoms with Crippen molar-refractivity contribution < 1.29 is 4.79 Å². The van der Waals surface area contributed by atoms with E-state index in [1.807, 2.05) is 0 Å². The normalized spacial score (nSPS) is 10.2. The van der Waals surface area contributed by atoms with Crippen LogP contribution in [0.15, 0.2) is 45.6 Å². The first kappa shape index (κ1) is 13.5. The van der Waals surface area contributed by atoms with Crippen molar-refractivity contribution in [3.63, 3.8) is 0 Å². The molecule has 0 fully saturated rings. The molecule has 1 amide bonds. The lowest BCUT2D eigenvalue weighted by Gasteiger charge is -2.06. The molecule has 0 radical (unpaired) electrons. The summed E-state index contributed by atoms with van der Waals surface area (Å²) in [7, 11) is 0. The zero-order valence-corrected chi connectivity index (χ0v) is 12.9. The summed E-state index contributed by atoms with van der Waals surface area (Å²) in [5, 5.41) is 3.24. The average molecular weight is 390 g/mol. The van der Waals surface area contributed by atoms with Crippen molar-refractivity contribution in [3.05, 3.63) is 56.2 Å². The molecular weight excluding hydrogens is 383 g/mol. The minimum Gasteiger partial charge on any atom is -0.321 e. The van der Waals surface area contributed by atoms with E-state index in [9.17, 15) is 4.79 Å². The van der Waals surface area contributed by atoms with Crippen molar-refractivity contribution in [2.75, 3.05) is 5.32 Å². The molecule has 2 aromatic rings. The molecule has 1 aromatic carbocycles. The minimum absolute atomic E-state index is 0.234. The molecule has 18 heavy (non-hydrogen) atoms.